The summed E-state index contributed by atoms with van der Waals surface area (Å²) in [7, 11) is 0. The summed E-state index contributed by atoms with van der Waals surface area (Å²) < 4.78 is 0. The van der Waals surface area contributed by atoms with Crippen molar-refractivity contribution in [1.29, 1.82) is 0 Å². The van der Waals surface area contributed by atoms with E-state index >= 15 is 0 Å². The molecule has 1 aromatic rings. The molecule has 0 radical (unpaired) electrons. The Morgan fingerprint density at radius 2 is 1.93 bits per heavy atom. The number of hydrogen-bond donors (Lipinski definition) is 1. The van der Waals surface area contributed by atoms with Crippen molar-refractivity contribution in [1.82, 2.24) is 5.01 Å². The van der Waals surface area contributed by atoms with E-state index in [2.05, 4.69) is 5.43 Å². The zero-order valence-electron chi connectivity index (χ0n) is 8.35. The number of benzene rings is 1. The van der Waals surface area contributed by atoms with Gasteiger partial charge < -0.3 is 5.43 Å². The average molecular weight is 207 g/mol. The van der Waals surface area contributed by atoms with Crippen molar-refractivity contribution in [3.8, 4) is 0 Å². The van der Waals surface area contributed by atoms with Crippen molar-refractivity contribution in [2.24, 2.45) is 0 Å². The summed E-state index contributed by atoms with van der Waals surface area (Å²) in [5.74, 6) is 0. The fourth-order valence-corrected chi connectivity index (χ4v) is 1.73. The van der Waals surface area contributed by atoms with Gasteiger partial charge in [-0.3, -0.25) is 10.1 Å². The Morgan fingerprint density at radius 3 is 2.60 bits per heavy atom. The standard InChI is InChI=1S/C10H13N3O2/c14-13(15)10-6-2-1-5-9(10)11-12-7-3-4-8-12/h1-2,5-6,11H,3-4,7-8H2. The molecule has 0 aromatic heterocycles. The topological polar surface area (TPSA) is 58.4 Å². The molecule has 1 heterocycles. The Kier molecular flexibility index (Phi) is 2.82. The van der Waals surface area contributed by atoms with Crippen LogP contribution in [0.25, 0.3) is 0 Å². The van der Waals surface area contributed by atoms with Gasteiger partial charge in [0.05, 0.1) is 4.92 Å². The molecule has 0 aliphatic carbocycles. The van der Waals surface area contributed by atoms with E-state index in [-0.39, 0.29) is 10.6 Å². The van der Waals surface area contributed by atoms with E-state index in [0.717, 1.165) is 25.9 Å². The van der Waals surface area contributed by atoms with Gasteiger partial charge in [-0.1, -0.05) is 12.1 Å². The molecule has 80 valence electrons. The molecule has 0 spiro atoms. The van der Waals surface area contributed by atoms with Crippen LogP contribution in [0.1, 0.15) is 12.8 Å². The van der Waals surface area contributed by atoms with Gasteiger partial charge in [0.15, 0.2) is 0 Å². The van der Waals surface area contributed by atoms with Gasteiger partial charge in [0, 0.05) is 19.2 Å². The van der Waals surface area contributed by atoms with E-state index in [9.17, 15) is 10.1 Å². The molecule has 5 nitrogen and oxygen atoms in total. The molecule has 15 heavy (non-hydrogen) atoms. The summed E-state index contributed by atoms with van der Waals surface area (Å²) >= 11 is 0. The summed E-state index contributed by atoms with van der Waals surface area (Å²) in [5, 5.41) is 12.8. The zero-order valence-corrected chi connectivity index (χ0v) is 8.35. The number of rotatable bonds is 3. The maximum atomic E-state index is 10.7. The lowest BCUT2D eigenvalue weighted by Gasteiger charge is -2.17. The minimum atomic E-state index is -0.363. The van der Waals surface area contributed by atoms with Crippen LogP contribution in [0.5, 0.6) is 0 Å². The first kappa shape index (κ1) is 9.92. The molecule has 1 fully saturated rings. The predicted octanol–water partition coefficient (Wildman–Crippen LogP) is 2.02. The SMILES string of the molecule is O=[N+]([O-])c1ccccc1NN1CCCC1. The highest BCUT2D eigenvalue weighted by molar-refractivity contribution is 5.60. The second-order valence-corrected chi connectivity index (χ2v) is 3.58. The third kappa shape index (κ3) is 2.24. The van der Waals surface area contributed by atoms with Gasteiger partial charge in [-0.2, -0.15) is 0 Å². The Morgan fingerprint density at radius 1 is 1.27 bits per heavy atom. The quantitative estimate of drug-likeness (QED) is 0.608. The molecule has 0 unspecified atom stereocenters. The fraction of sp³-hybridized carbons (Fsp3) is 0.400. The van der Waals surface area contributed by atoms with Crippen LogP contribution in [-0.4, -0.2) is 23.0 Å². The van der Waals surface area contributed by atoms with E-state index in [4.69, 9.17) is 0 Å². The van der Waals surface area contributed by atoms with E-state index in [0.29, 0.717) is 5.69 Å². The molecule has 1 aliphatic rings. The Hall–Kier alpha value is -1.62. The summed E-state index contributed by atoms with van der Waals surface area (Å²) in [6, 6.07) is 6.72. The number of para-hydroxylation sites is 2. The molecular weight excluding hydrogens is 194 g/mol. The van der Waals surface area contributed by atoms with Crippen LogP contribution in [0.2, 0.25) is 0 Å². The lowest BCUT2D eigenvalue weighted by atomic mass is 10.3. The molecule has 1 aliphatic heterocycles. The average Bonchev–Trinajstić information content (AvgIpc) is 2.71. The number of nitrogens with one attached hydrogen (secondary N) is 1. The first-order chi connectivity index (χ1) is 7.27. The largest absolute Gasteiger partial charge is 0.313 e. The van der Waals surface area contributed by atoms with Gasteiger partial charge in [0.25, 0.3) is 5.69 Å². The maximum absolute atomic E-state index is 10.7. The summed E-state index contributed by atoms with van der Waals surface area (Å²) in [6.07, 6.45) is 2.29. The smallest absolute Gasteiger partial charge is 0.293 e. The van der Waals surface area contributed by atoms with Crippen LogP contribution in [0.3, 0.4) is 0 Å². The normalized spacial score (nSPS) is 16.5. The second-order valence-electron chi connectivity index (χ2n) is 3.58. The number of hydrogen-bond acceptors (Lipinski definition) is 4. The van der Waals surface area contributed by atoms with Crippen LogP contribution in [0.4, 0.5) is 11.4 Å². The minimum Gasteiger partial charge on any atom is -0.313 e. The zero-order chi connectivity index (χ0) is 10.7. The van der Waals surface area contributed by atoms with Gasteiger partial charge >= 0.3 is 0 Å². The lowest BCUT2D eigenvalue weighted by Crippen LogP contribution is -2.26. The van der Waals surface area contributed by atoms with Gasteiger partial charge in [-0.25, -0.2) is 5.01 Å². The van der Waals surface area contributed by atoms with Crippen molar-refractivity contribution in [2.75, 3.05) is 18.5 Å². The highest BCUT2D eigenvalue weighted by Gasteiger charge is 2.16. The first-order valence-electron chi connectivity index (χ1n) is 5.02. The highest BCUT2D eigenvalue weighted by atomic mass is 16.6. The predicted molar refractivity (Wildman–Crippen MR) is 57.5 cm³/mol. The van der Waals surface area contributed by atoms with Crippen LogP contribution >= 0.6 is 0 Å². The third-order valence-electron chi connectivity index (χ3n) is 2.49. The van der Waals surface area contributed by atoms with Crippen molar-refractivity contribution in [3.63, 3.8) is 0 Å². The molecule has 0 bridgehead atoms. The minimum absolute atomic E-state index is 0.129. The lowest BCUT2D eigenvalue weighted by molar-refractivity contribution is -0.384. The molecule has 1 saturated heterocycles. The molecule has 0 atom stereocenters. The molecular formula is C10H13N3O2. The fourth-order valence-electron chi connectivity index (χ4n) is 1.73. The van der Waals surface area contributed by atoms with Crippen LogP contribution in [0.15, 0.2) is 24.3 Å². The van der Waals surface area contributed by atoms with Crippen LogP contribution < -0.4 is 5.43 Å². The number of nitrogens with zero attached hydrogens (tertiary/aromatic N) is 2. The Balaban J connectivity index is 2.15. The van der Waals surface area contributed by atoms with Gasteiger partial charge in [-0.15, -0.1) is 0 Å². The number of hydrazine groups is 1. The Bertz CT molecular complexity index is 361. The summed E-state index contributed by atoms with van der Waals surface area (Å²) in [6.45, 7) is 1.90. The number of nitro benzene ring substituents is 1. The maximum Gasteiger partial charge on any atom is 0.293 e. The summed E-state index contributed by atoms with van der Waals surface area (Å²) in [5.41, 5.74) is 3.79. The summed E-state index contributed by atoms with van der Waals surface area (Å²) in [4.78, 5) is 10.4. The third-order valence-corrected chi connectivity index (χ3v) is 2.49. The van der Waals surface area contributed by atoms with Crippen LogP contribution in [0, 0.1) is 10.1 Å². The van der Waals surface area contributed by atoms with Crippen LogP contribution in [-0.2, 0) is 0 Å². The van der Waals surface area contributed by atoms with Crippen molar-refractivity contribution >= 4 is 11.4 Å². The number of anilines is 1. The number of nitro groups is 1. The van der Waals surface area contributed by atoms with E-state index in [1.54, 1.807) is 18.2 Å². The molecule has 0 amide bonds. The van der Waals surface area contributed by atoms with E-state index < -0.39 is 0 Å². The van der Waals surface area contributed by atoms with Crippen molar-refractivity contribution in [2.45, 2.75) is 12.8 Å². The van der Waals surface area contributed by atoms with Crippen molar-refractivity contribution in [3.05, 3.63) is 34.4 Å². The van der Waals surface area contributed by atoms with E-state index in [1.165, 1.54) is 6.07 Å². The molecule has 1 N–H and O–H groups in total. The molecule has 5 heteroatoms. The van der Waals surface area contributed by atoms with Crippen molar-refractivity contribution < 1.29 is 4.92 Å². The van der Waals surface area contributed by atoms with E-state index in [1.807, 2.05) is 5.01 Å². The first-order valence-corrected chi connectivity index (χ1v) is 5.02. The van der Waals surface area contributed by atoms with Gasteiger partial charge in [0.2, 0.25) is 0 Å². The Labute approximate surface area is 87.8 Å². The molecule has 1 aromatic carbocycles. The monoisotopic (exact) mass is 207 g/mol. The van der Waals surface area contributed by atoms with Gasteiger partial charge in [0.1, 0.15) is 5.69 Å². The highest BCUT2D eigenvalue weighted by Crippen LogP contribution is 2.24. The second kappa shape index (κ2) is 4.27. The van der Waals surface area contributed by atoms with Gasteiger partial charge in [-0.05, 0) is 18.9 Å². The molecule has 2 rings (SSSR count). The molecule has 0 saturated carbocycles.